The van der Waals surface area contributed by atoms with Crippen LogP contribution in [-0.4, -0.2) is 39.4 Å². The summed E-state index contributed by atoms with van der Waals surface area (Å²) in [4.78, 5) is 11.1. The van der Waals surface area contributed by atoms with Crippen LogP contribution in [0, 0.1) is 5.92 Å². The summed E-state index contributed by atoms with van der Waals surface area (Å²) in [6.45, 7) is 6.41. The fraction of sp³-hybridized carbons (Fsp3) is 0.909. The Labute approximate surface area is 92.3 Å². The van der Waals surface area contributed by atoms with Crippen LogP contribution in [0.3, 0.4) is 0 Å². The molecule has 0 fully saturated rings. The van der Waals surface area contributed by atoms with Gasteiger partial charge in [0.05, 0.1) is 19.8 Å². The van der Waals surface area contributed by atoms with E-state index < -0.39 is 0 Å². The van der Waals surface area contributed by atoms with Gasteiger partial charge in [-0.2, -0.15) is 0 Å². The SMILES string of the molecule is COCCNCC(=O)OCCCC(C)C. The molecule has 1 N–H and O–H groups in total. The number of esters is 1. The summed E-state index contributed by atoms with van der Waals surface area (Å²) < 4.78 is 9.86. The van der Waals surface area contributed by atoms with Crippen LogP contribution in [0.4, 0.5) is 0 Å². The van der Waals surface area contributed by atoms with Gasteiger partial charge in [-0.05, 0) is 18.8 Å². The molecule has 0 spiro atoms. The molecule has 4 heteroatoms. The highest BCUT2D eigenvalue weighted by molar-refractivity contribution is 5.71. The van der Waals surface area contributed by atoms with Crippen LogP contribution in [0.15, 0.2) is 0 Å². The molecule has 4 nitrogen and oxygen atoms in total. The smallest absolute Gasteiger partial charge is 0.319 e. The molecule has 15 heavy (non-hydrogen) atoms. The third-order valence-corrected chi connectivity index (χ3v) is 1.94. The van der Waals surface area contributed by atoms with E-state index in [-0.39, 0.29) is 12.5 Å². The second kappa shape index (κ2) is 9.93. The van der Waals surface area contributed by atoms with Gasteiger partial charge in [0.15, 0.2) is 0 Å². The van der Waals surface area contributed by atoms with Crippen LogP contribution in [0.5, 0.6) is 0 Å². The maximum atomic E-state index is 11.1. The zero-order chi connectivity index (χ0) is 11.5. The zero-order valence-electron chi connectivity index (χ0n) is 10.0. The van der Waals surface area contributed by atoms with Crippen LogP contribution >= 0.6 is 0 Å². The van der Waals surface area contributed by atoms with Gasteiger partial charge >= 0.3 is 5.97 Å². The van der Waals surface area contributed by atoms with Gasteiger partial charge in [0, 0.05) is 13.7 Å². The monoisotopic (exact) mass is 217 g/mol. The van der Waals surface area contributed by atoms with Crippen LogP contribution in [0.1, 0.15) is 26.7 Å². The van der Waals surface area contributed by atoms with E-state index in [9.17, 15) is 4.79 Å². The lowest BCUT2D eigenvalue weighted by molar-refractivity contribution is -0.142. The summed E-state index contributed by atoms with van der Waals surface area (Å²) in [5.74, 6) is 0.485. The molecule has 0 saturated carbocycles. The van der Waals surface area contributed by atoms with Gasteiger partial charge in [0.2, 0.25) is 0 Å². The summed E-state index contributed by atoms with van der Waals surface area (Å²) in [5.41, 5.74) is 0. The van der Waals surface area contributed by atoms with E-state index in [0.717, 1.165) is 12.8 Å². The van der Waals surface area contributed by atoms with Crippen molar-refractivity contribution in [2.75, 3.05) is 33.4 Å². The number of hydrogen-bond acceptors (Lipinski definition) is 4. The van der Waals surface area contributed by atoms with Crippen LogP contribution in [0.25, 0.3) is 0 Å². The lowest BCUT2D eigenvalue weighted by Crippen LogP contribution is -2.27. The molecule has 0 bridgehead atoms. The Morgan fingerprint density at radius 1 is 1.33 bits per heavy atom. The second-order valence-electron chi connectivity index (χ2n) is 3.93. The minimum absolute atomic E-state index is 0.185. The van der Waals surface area contributed by atoms with Crippen LogP contribution in [0.2, 0.25) is 0 Å². The average Bonchev–Trinajstić information content (AvgIpc) is 2.19. The first-order valence-corrected chi connectivity index (χ1v) is 5.52. The van der Waals surface area contributed by atoms with E-state index in [1.54, 1.807) is 7.11 Å². The van der Waals surface area contributed by atoms with Crippen molar-refractivity contribution in [3.63, 3.8) is 0 Å². The third kappa shape index (κ3) is 11.3. The predicted molar refractivity (Wildman–Crippen MR) is 59.8 cm³/mol. The molecule has 0 amide bonds. The van der Waals surface area contributed by atoms with Gasteiger partial charge in [-0.3, -0.25) is 4.79 Å². The minimum atomic E-state index is -0.185. The first-order chi connectivity index (χ1) is 7.16. The molecule has 0 saturated heterocycles. The molecule has 90 valence electrons. The van der Waals surface area contributed by atoms with Crippen molar-refractivity contribution in [1.29, 1.82) is 0 Å². The predicted octanol–water partition coefficient (Wildman–Crippen LogP) is 1.20. The topological polar surface area (TPSA) is 47.6 Å². The number of rotatable bonds is 9. The van der Waals surface area contributed by atoms with Gasteiger partial charge in [-0.15, -0.1) is 0 Å². The average molecular weight is 217 g/mol. The zero-order valence-corrected chi connectivity index (χ0v) is 10.0. The second-order valence-corrected chi connectivity index (χ2v) is 3.93. The van der Waals surface area contributed by atoms with Crippen LogP contribution < -0.4 is 5.32 Å². The number of nitrogens with one attached hydrogen (secondary N) is 1. The van der Waals surface area contributed by atoms with Crippen molar-refractivity contribution in [1.82, 2.24) is 5.32 Å². The molecule has 0 atom stereocenters. The Bertz CT molecular complexity index is 160. The molecule has 0 aromatic rings. The van der Waals surface area contributed by atoms with E-state index in [0.29, 0.717) is 25.7 Å². The fourth-order valence-electron chi connectivity index (χ4n) is 1.09. The van der Waals surface area contributed by atoms with Crippen LogP contribution in [-0.2, 0) is 14.3 Å². The summed E-state index contributed by atoms with van der Waals surface area (Å²) in [6, 6.07) is 0. The molecule has 0 aromatic carbocycles. The number of carbonyl (C=O) groups excluding carboxylic acids is 1. The maximum Gasteiger partial charge on any atom is 0.319 e. The van der Waals surface area contributed by atoms with Crippen molar-refractivity contribution in [2.24, 2.45) is 5.92 Å². The number of carbonyl (C=O) groups is 1. The lowest BCUT2D eigenvalue weighted by atomic mass is 10.1. The van der Waals surface area contributed by atoms with Gasteiger partial charge in [-0.1, -0.05) is 13.8 Å². The van der Waals surface area contributed by atoms with Gasteiger partial charge < -0.3 is 14.8 Å². The number of ether oxygens (including phenoxy) is 2. The van der Waals surface area contributed by atoms with E-state index in [1.165, 1.54) is 0 Å². The summed E-state index contributed by atoms with van der Waals surface area (Å²) in [6.07, 6.45) is 2.05. The van der Waals surface area contributed by atoms with Crippen molar-refractivity contribution in [3.8, 4) is 0 Å². The highest BCUT2D eigenvalue weighted by Gasteiger charge is 2.01. The Morgan fingerprint density at radius 2 is 2.07 bits per heavy atom. The van der Waals surface area contributed by atoms with Gasteiger partial charge in [0.1, 0.15) is 0 Å². The van der Waals surface area contributed by atoms with Crippen molar-refractivity contribution in [2.45, 2.75) is 26.7 Å². The molecular weight excluding hydrogens is 194 g/mol. The van der Waals surface area contributed by atoms with Gasteiger partial charge in [0.25, 0.3) is 0 Å². The minimum Gasteiger partial charge on any atom is -0.465 e. The maximum absolute atomic E-state index is 11.1. The Balaban J connectivity index is 3.19. The van der Waals surface area contributed by atoms with E-state index in [4.69, 9.17) is 9.47 Å². The molecule has 0 aromatic heterocycles. The quantitative estimate of drug-likeness (QED) is 0.466. The normalized spacial score (nSPS) is 10.7. The van der Waals surface area contributed by atoms with Gasteiger partial charge in [-0.25, -0.2) is 0 Å². The molecule has 0 heterocycles. The molecule has 0 aliphatic rings. The highest BCUT2D eigenvalue weighted by atomic mass is 16.5. The van der Waals surface area contributed by atoms with Crippen molar-refractivity contribution in [3.05, 3.63) is 0 Å². The summed E-state index contributed by atoms with van der Waals surface area (Å²) in [7, 11) is 1.63. The van der Waals surface area contributed by atoms with Crippen molar-refractivity contribution < 1.29 is 14.3 Å². The van der Waals surface area contributed by atoms with E-state index >= 15 is 0 Å². The highest BCUT2D eigenvalue weighted by Crippen LogP contribution is 2.02. The molecule has 0 aliphatic carbocycles. The largest absolute Gasteiger partial charge is 0.465 e. The first-order valence-electron chi connectivity index (χ1n) is 5.52. The number of hydrogen-bond donors (Lipinski definition) is 1. The van der Waals surface area contributed by atoms with E-state index in [1.807, 2.05) is 0 Å². The Hall–Kier alpha value is -0.610. The molecule has 0 radical (unpaired) electrons. The summed E-state index contributed by atoms with van der Waals surface area (Å²) in [5, 5.41) is 2.94. The van der Waals surface area contributed by atoms with Crippen molar-refractivity contribution >= 4 is 5.97 Å². The van der Waals surface area contributed by atoms with E-state index in [2.05, 4.69) is 19.2 Å². The Morgan fingerprint density at radius 3 is 2.67 bits per heavy atom. The molecule has 0 rings (SSSR count). The standard InChI is InChI=1S/C11H23NO3/c1-10(2)5-4-7-15-11(13)9-12-6-8-14-3/h10,12H,4-9H2,1-3H3. The summed E-state index contributed by atoms with van der Waals surface area (Å²) >= 11 is 0. The Kier molecular flexibility index (Phi) is 9.52. The third-order valence-electron chi connectivity index (χ3n) is 1.94. The number of methoxy groups -OCH3 is 1. The molecule has 0 aliphatic heterocycles. The fourth-order valence-corrected chi connectivity index (χ4v) is 1.09. The lowest BCUT2D eigenvalue weighted by Gasteiger charge is -2.07. The molecule has 0 unspecified atom stereocenters. The first kappa shape index (κ1) is 14.4. The molecular formula is C11H23NO3.